The highest BCUT2D eigenvalue weighted by atomic mass is 16.3. The van der Waals surface area contributed by atoms with Gasteiger partial charge in [0.1, 0.15) is 0 Å². The Labute approximate surface area is 101 Å². The van der Waals surface area contributed by atoms with Crippen molar-refractivity contribution < 1.29 is 9.90 Å². The van der Waals surface area contributed by atoms with Crippen LogP contribution >= 0.6 is 0 Å². The third-order valence-electron chi connectivity index (χ3n) is 3.03. The second kappa shape index (κ2) is 5.19. The smallest absolute Gasteiger partial charge is 0.229 e. The summed E-state index contributed by atoms with van der Waals surface area (Å²) in [4.78, 5) is 14.0. The molecule has 1 aromatic carbocycles. The Morgan fingerprint density at radius 2 is 2.24 bits per heavy atom. The van der Waals surface area contributed by atoms with Crippen molar-refractivity contribution in [2.24, 2.45) is 5.92 Å². The molecule has 1 aliphatic heterocycles. The number of nitrogens with one attached hydrogen (secondary N) is 1. The maximum Gasteiger partial charge on any atom is 0.229 e. The Hall–Kier alpha value is -1.55. The molecule has 0 saturated carbocycles. The minimum absolute atomic E-state index is 0.0407. The molecule has 2 N–H and O–H groups in total. The average molecular weight is 234 g/mol. The van der Waals surface area contributed by atoms with E-state index in [0.29, 0.717) is 6.54 Å². The molecule has 1 heterocycles. The van der Waals surface area contributed by atoms with E-state index in [9.17, 15) is 4.79 Å². The van der Waals surface area contributed by atoms with Crippen molar-refractivity contribution in [1.29, 1.82) is 0 Å². The number of benzene rings is 1. The highest BCUT2D eigenvalue weighted by molar-refractivity contribution is 5.97. The molecular weight excluding hydrogens is 216 g/mol. The molecule has 4 nitrogen and oxygen atoms in total. The van der Waals surface area contributed by atoms with E-state index in [1.54, 1.807) is 0 Å². The number of nitrogens with zero attached hydrogens (tertiary/aromatic N) is 1. The second-order valence-corrected chi connectivity index (χ2v) is 4.43. The lowest BCUT2D eigenvalue weighted by Crippen LogP contribution is -2.31. The van der Waals surface area contributed by atoms with Gasteiger partial charge in [-0.3, -0.25) is 4.79 Å². The first-order valence-electron chi connectivity index (χ1n) is 5.98. The summed E-state index contributed by atoms with van der Waals surface area (Å²) in [6.45, 7) is 3.57. The van der Waals surface area contributed by atoms with E-state index in [1.807, 2.05) is 31.2 Å². The van der Waals surface area contributed by atoms with E-state index < -0.39 is 0 Å². The summed E-state index contributed by atoms with van der Waals surface area (Å²) in [5, 5.41) is 11.9. The van der Waals surface area contributed by atoms with Gasteiger partial charge in [0, 0.05) is 19.7 Å². The fourth-order valence-electron chi connectivity index (χ4n) is 2.10. The molecule has 1 aromatic rings. The van der Waals surface area contributed by atoms with Crippen LogP contribution in [0.25, 0.3) is 0 Å². The zero-order valence-corrected chi connectivity index (χ0v) is 10.0. The number of aliphatic hydroxyl groups is 1. The van der Waals surface area contributed by atoms with Gasteiger partial charge in [0.25, 0.3) is 0 Å². The summed E-state index contributed by atoms with van der Waals surface area (Å²) in [5.74, 6) is 0.0186. The fourth-order valence-corrected chi connectivity index (χ4v) is 2.10. The van der Waals surface area contributed by atoms with Gasteiger partial charge in [-0.1, -0.05) is 19.1 Å². The molecule has 1 unspecified atom stereocenters. The lowest BCUT2D eigenvalue weighted by molar-refractivity contribution is -0.119. The molecule has 0 bridgehead atoms. The highest BCUT2D eigenvalue weighted by Crippen LogP contribution is 2.29. The number of amides is 1. The number of para-hydroxylation sites is 2. The van der Waals surface area contributed by atoms with Crippen LogP contribution in [-0.4, -0.2) is 30.7 Å². The van der Waals surface area contributed by atoms with Gasteiger partial charge in [-0.2, -0.15) is 0 Å². The number of carbonyl (C=O) groups is 1. The van der Waals surface area contributed by atoms with Gasteiger partial charge in [-0.05, 0) is 18.6 Å². The third-order valence-corrected chi connectivity index (χ3v) is 3.03. The molecular formula is C13H18N2O2. The number of rotatable bonds is 3. The van der Waals surface area contributed by atoms with Crippen LogP contribution in [0.4, 0.5) is 11.4 Å². The lowest BCUT2D eigenvalue weighted by Gasteiger charge is -2.25. The third kappa shape index (κ3) is 2.58. The Balaban J connectivity index is 2.28. The van der Waals surface area contributed by atoms with Crippen molar-refractivity contribution in [2.45, 2.75) is 13.3 Å². The Morgan fingerprint density at radius 3 is 3.00 bits per heavy atom. The first-order valence-corrected chi connectivity index (χ1v) is 5.98. The number of aliphatic hydroxyl groups excluding tert-OH is 1. The fraction of sp³-hybridized carbons (Fsp3) is 0.462. The predicted octanol–water partition coefficient (Wildman–Crippen LogP) is 1.46. The number of anilines is 2. The highest BCUT2D eigenvalue weighted by Gasteiger charge is 2.23. The minimum atomic E-state index is -0.0407. The lowest BCUT2D eigenvalue weighted by atomic mass is 10.1. The van der Waals surface area contributed by atoms with Crippen molar-refractivity contribution in [3.8, 4) is 0 Å². The molecule has 0 aliphatic carbocycles. The summed E-state index contributed by atoms with van der Waals surface area (Å²) >= 11 is 0. The van der Waals surface area contributed by atoms with Crippen molar-refractivity contribution in [1.82, 2.24) is 0 Å². The monoisotopic (exact) mass is 234 g/mol. The van der Waals surface area contributed by atoms with Gasteiger partial charge in [-0.25, -0.2) is 0 Å². The molecule has 1 atom stereocenters. The maximum atomic E-state index is 11.8. The summed E-state index contributed by atoms with van der Waals surface area (Å²) in [6, 6.07) is 7.80. The zero-order valence-electron chi connectivity index (χ0n) is 10.0. The van der Waals surface area contributed by atoms with Crippen LogP contribution < -0.4 is 10.2 Å². The van der Waals surface area contributed by atoms with Crippen molar-refractivity contribution >= 4 is 17.3 Å². The molecule has 0 fully saturated rings. The van der Waals surface area contributed by atoms with E-state index >= 15 is 0 Å². The Kier molecular flexibility index (Phi) is 3.64. The molecule has 17 heavy (non-hydrogen) atoms. The molecule has 4 heteroatoms. The zero-order chi connectivity index (χ0) is 12.3. The van der Waals surface area contributed by atoms with Gasteiger partial charge in [0.15, 0.2) is 0 Å². The largest absolute Gasteiger partial charge is 0.396 e. The first kappa shape index (κ1) is 11.9. The summed E-state index contributed by atoms with van der Waals surface area (Å²) < 4.78 is 0. The summed E-state index contributed by atoms with van der Waals surface area (Å²) in [7, 11) is 0. The van der Waals surface area contributed by atoms with E-state index in [-0.39, 0.29) is 18.4 Å². The normalized spacial score (nSPS) is 19.5. The minimum Gasteiger partial charge on any atom is -0.396 e. The number of hydrogen-bond acceptors (Lipinski definition) is 3. The van der Waals surface area contributed by atoms with Crippen molar-refractivity contribution in [3.63, 3.8) is 0 Å². The van der Waals surface area contributed by atoms with Gasteiger partial charge in [0.2, 0.25) is 5.91 Å². The van der Waals surface area contributed by atoms with E-state index in [1.165, 1.54) is 0 Å². The number of carbonyl (C=O) groups excluding carboxylic acids is 1. The maximum absolute atomic E-state index is 11.8. The molecule has 0 spiro atoms. The van der Waals surface area contributed by atoms with Gasteiger partial charge >= 0.3 is 0 Å². The summed E-state index contributed by atoms with van der Waals surface area (Å²) in [6.07, 6.45) is 0.718. The molecule has 2 rings (SSSR count). The van der Waals surface area contributed by atoms with Crippen LogP contribution in [0.15, 0.2) is 24.3 Å². The number of hydrogen-bond donors (Lipinski definition) is 2. The molecule has 0 aromatic heterocycles. The topological polar surface area (TPSA) is 52.6 Å². The molecule has 1 amide bonds. The van der Waals surface area contributed by atoms with Crippen LogP contribution in [-0.2, 0) is 4.79 Å². The van der Waals surface area contributed by atoms with Crippen LogP contribution in [0.3, 0.4) is 0 Å². The first-order chi connectivity index (χ1) is 8.22. The number of fused-ring (bicyclic) bond motifs is 1. The molecule has 0 radical (unpaired) electrons. The van der Waals surface area contributed by atoms with E-state index in [0.717, 1.165) is 24.3 Å². The van der Waals surface area contributed by atoms with Crippen LogP contribution in [0, 0.1) is 5.92 Å². The van der Waals surface area contributed by atoms with Gasteiger partial charge in [0.05, 0.1) is 17.3 Å². The van der Waals surface area contributed by atoms with Crippen LogP contribution in [0.1, 0.15) is 13.3 Å². The van der Waals surface area contributed by atoms with Gasteiger partial charge < -0.3 is 15.3 Å². The average Bonchev–Trinajstić information content (AvgIpc) is 2.45. The van der Waals surface area contributed by atoms with Gasteiger partial charge in [-0.15, -0.1) is 0 Å². The standard InChI is InChI=1S/C13H18N2O2/c1-10-9-15(7-4-8-16)12-6-3-2-5-11(12)14-13(10)17/h2-3,5-6,10,16H,4,7-9H2,1H3,(H,14,17). The van der Waals surface area contributed by atoms with Crippen molar-refractivity contribution in [2.75, 3.05) is 29.9 Å². The molecule has 0 saturated heterocycles. The second-order valence-electron chi connectivity index (χ2n) is 4.43. The van der Waals surface area contributed by atoms with Crippen LogP contribution in [0.2, 0.25) is 0 Å². The van der Waals surface area contributed by atoms with E-state index in [4.69, 9.17) is 5.11 Å². The molecule has 1 aliphatic rings. The summed E-state index contributed by atoms with van der Waals surface area (Å²) in [5.41, 5.74) is 1.90. The SMILES string of the molecule is CC1CN(CCCO)c2ccccc2NC1=O. The molecule has 92 valence electrons. The van der Waals surface area contributed by atoms with Crippen LogP contribution in [0.5, 0.6) is 0 Å². The quantitative estimate of drug-likeness (QED) is 0.832. The Bertz CT molecular complexity index is 406. The van der Waals surface area contributed by atoms with E-state index in [2.05, 4.69) is 10.2 Å². The predicted molar refractivity (Wildman–Crippen MR) is 68.2 cm³/mol. The van der Waals surface area contributed by atoms with Crippen molar-refractivity contribution in [3.05, 3.63) is 24.3 Å². The Morgan fingerprint density at radius 1 is 1.47 bits per heavy atom.